The van der Waals surface area contributed by atoms with Crippen LogP contribution in [0.4, 0.5) is 15.0 Å². The van der Waals surface area contributed by atoms with Crippen molar-refractivity contribution < 1.29 is 19.1 Å². The molecule has 2 aliphatic rings. The van der Waals surface area contributed by atoms with Gasteiger partial charge in [0.05, 0.1) is 12.6 Å². The number of carbonyl (C=O) groups is 2. The number of rotatable bonds is 6. The van der Waals surface area contributed by atoms with Crippen molar-refractivity contribution in [2.75, 3.05) is 5.32 Å². The summed E-state index contributed by atoms with van der Waals surface area (Å²) in [5.74, 6) is -0.135. The van der Waals surface area contributed by atoms with Gasteiger partial charge in [-0.25, -0.2) is 9.18 Å². The molecule has 2 aromatic heterocycles. The second-order valence-electron chi connectivity index (χ2n) is 8.21. The number of hydrogen-bond donors (Lipinski definition) is 3. The molecule has 9 heteroatoms. The van der Waals surface area contributed by atoms with Crippen molar-refractivity contribution >= 4 is 17.8 Å². The van der Waals surface area contributed by atoms with Crippen molar-refractivity contribution in [3.63, 3.8) is 0 Å². The topological polar surface area (TPSA) is 111 Å². The first-order chi connectivity index (χ1) is 13.8. The Morgan fingerprint density at radius 2 is 2.17 bits per heavy atom. The molecule has 2 aliphatic carbocycles. The standard InChI is InChI=1S/C20H24FN5O3/c1-20(6-7-20)26(19(28)29)15-5-2-12(8-15)16-10-17(25-24-16)23-18(27)9-14-4-3-13(21)11-22-14/h3-4,10-12,15H,2,5-9H2,1H3,(H,28,29)(H2,23,24,25,27)/t12-,15+/m0/s1. The van der Waals surface area contributed by atoms with Crippen LogP contribution in [0, 0.1) is 5.82 Å². The van der Waals surface area contributed by atoms with Crippen LogP contribution in [0.25, 0.3) is 0 Å². The molecule has 3 N–H and O–H groups in total. The lowest BCUT2D eigenvalue weighted by Crippen LogP contribution is -2.45. The zero-order valence-electron chi connectivity index (χ0n) is 16.2. The van der Waals surface area contributed by atoms with Crippen LogP contribution in [-0.4, -0.2) is 48.8 Å². The average Bonchev–Trinajstić information content (AvgIpc) is 3.07. The van der Waals surface area contributed by atoms with Crippen LogP contribution in [0.3, 0.4) is 0 Å². The number of anilines is 1. The largest absolute Gasteiger partial charge is 0.465 e. The lowest BCUT2D eigenvalue weighted by Gasteiger charge is -2.32. The smallest absolute Gasteiger partial charge is 0.408 e. The maximum absolute atomic E-state index is 12.9. The number of pyridine rings is 1. The Bertz CT molecular complexity index is 909. The number of nitrogens with one attached hydrogen (secondary N) is 2. The van der Waals surface area contributed by atoms with Gasteiger partial charge in [-0.05, 0) is 51.2 Å². The third kappa shape index (κ3) is 4.23. The number of hydrogen-bond acceptors (Lipinski definition) is 4. The number of carboxylic acid groups (broad SMARTS) is 1. The van der Waals surface area contributed by atoms with Gasteiger partial charge in [-0.3, -0.25) is 19.8 Å². The van der Waals surface area contributed by atoms with Crippen molar-refractivity contribution in [3.05, 3.63) is 41.6 Å². The van der Waals surface area contributed by atoms with E-state index in [0.717, 1.165) is 44.0 Å². The summed E-state index contributed by atoms with van der Waals surface area (Å²) in [7, 11) is 0. The second-order valence-corrected chi connectivity index (χ2v) is 8.21. The Balaban J connectivity index is 1.35. The molecule has 0 unspecified atom stereocenters. The van der Waals surface area contributed by atoms with Gasteiger partial charge in [-0.2, -0.15) is 5.10 Å². The van der Waals surface area contributed by atoms with Crippen LogP contribution in [0.5, 0.6) is 0 Å². The number of halogens is 1. The van der Waals surface area contributed by atoms with Gasteiger partial charge in [0.25, 0.3) is 0 Å². The Kier molecular flexibility index (Phi) is 4.97. The van der Waals surface area contributed by atoms with Crippen molar-refractivity contribution in [3.8, 4) is 0 Å². The fraction of sp³-hybridized carbons (Fsp3) is 0.500. The van der Waals surface area contributed by atoms with E-state index < -0.39 is 11.9 Å². The zero-order valence-corrected chi connectivity index (χ0v) is 16.2. The molecule has 0 aliphatic heterocycles. The highest BCUT2D eigenvalue weighted by atomic mass is 19.1. The molecule has 2 aromatic rings. The van der Waals surface area contributed by atoms with Gasteiger partial charge in [-0.1, -0.05) is 0 Å². The molecule has 8 nitrogen and oxygen atoms in total. The minimum atomic E-state index is -0.845. The van der Waals surface area contributed by atoms with Gasteiger partial charge in [0, 0.05) is 35.0 Å². The monoisotopic (exact) mass is 401 g/mol. The minimum Gasteiger partial charge on any atom is -0.465 e. The summed E-state index contributed by atoms with van der Waals surface area (Å²) in [6, 6.07) is 4.54. The van der Waals surface area contributed by atoms with Crippen molar-refractivity contribution in [1.29, 1.82) is 0 Å². The fourth-order valence-electron chi connectivity index (χ4n) is 4.20. The predicted molar refractivity (Wildman–Crippen MR) is 103 cm³/mol. The van der Waals surface area contributed by atoms with Gasteiger partial charge < -0.3 is 10.4 Å². The molecule has 0 bridgehead atoms. The Hall–Kier alpha value is -2.97. The van der Waals surface area contributed by atoms with Gasteiger partial charge in [0.1, 0.15) is 5.82 Å². The molecule has 4 rings (SSSR count). The Labute approximate surface area is 167 Å². The molecule has 2 heterocycles. The molecule has 2 atom stereocenters. The maximum Gasteiger partial charge on any atom is 0.408 e. The highest BCUT2D eigenvalue weighted by Gasteiger charge is 2.50. The molecule has 0 aromatic carbocycles. The van der Waals surface area contributed by atoms with E-state index in [1.807, 2.05) is 6.92 Å². The number of nitrogens with zero attached hydrogens (tertiary/aromatic N) is 3. The van der Waals surface area contributed by atoms with Gasteiger partial charge in [0.2, 0.25) is 5.91 Å². The molecular weight excluding hydrogens is 377 g/mol. The lowest BCUT2D eigenvalue weighted by atomic mass is 10.0. The molecule has 2 amide bonds. The van der Waals surface area contributed by atoms with Crippen LogP contribution >= 0.6 is 0 Å². The van der Waals surface area contributed by atoms with E-state index in [2.05, 4.69) is 20.5 Å². The third-order valence-corrected chi connectivity index (χ3v) is 5.97. The number of aromatic nitrogens is 3. The van der Waals surface area contributed by atoms with Gasteiger partial charge in [0.15, 0.2) is 5.82 Å². The predicted octanol–water partition coefficient (Wildman–Crippen LogP) is 3.29. The van der Waals surface area contributed by atoms with Gasteiger partial charge >= 0.3 is 6.09 Å². The van der Waals surface area contributed by atoms with E-state index in [-0.39, 0.29) is 29.8 Å². The van der Waals surface area contributed by atoms with Gasteiger partial charge in [-0.15, -0.1) is 0 Å². The van der Waals surface area contributed by atoms with Crippen LogP contribution < -0.4 is 5.32 Å². The van der Waals surface area contributed by atoms with Crippen molar-refractivity contribution in [1.82, 2.24) is 20.1 Å². The second kappa shape index (κ2) is 7.46. The maximum atomic E-state index is 12.9. The lowest BCUT2D eigenvalue weighted by molar-refractivity contribution is -0.115. The first-order valence-corrected chi connectivity index (χ1v) is 9.82. The molecule has 2 saturated carbocycles. The number of H-pyrrole nitrogens is 1. The van der Waals surface area contributed by atoms with Crippen molar-refractivity contribution in [2.24, 2.45) is 0 Å². The number of carbonyl (C=O) groups excluding carboxylic acids is 1. The Morgan fingerprint density at radius 1 is 1.38 bits per heavy atom. The first-order valence-electron chi connectivity index (χ1n) is 9.82. The van der Waals surface area contributed by atoms with E-state index in [1.54, 1.807) is 11.0 Å². The fourth-order valence-corrected chi connectivity index (χ4v) is 4.20. The highest BCUT2D eigenvalue weighted by molar-refractivity contribution is 5.91. The third-order valence-electron chi connectivity index (χ3n) is 5.97. The van der Waals surface area contributed by atoms with E-state index in [4.69, 9.17) is 0 Å². The van der Waals surface area contributed by atoms with Crippen LogP contribution in [0.15, 0.2) is 24.4 Å². The average molecular weight is 401 g/mol. The summed E-state index contributed by atoms with van der Waals surface area (Å²) >= 11 is 0. The van der Waals surface area contributed by atoms with E-state index in [0.29, 0.717) is 11.5 Å². The SMILES string of the molecule is CC1(N(C(=O)O)[C@@H]2CC[C@H](c3cc(NC(=O)Cc4ccc(F)cn4)n[nH]3)C2)CC1. The molecular formula is C20H24FN5O3. The number of amides is 2. The molecule has 0 radical (unpaired) electrons. The van der Waals surface area contributed by atoms with Crippen molar-refractivity contribution in [2.45, 2.75) is 62.9 Å². The normalized spacial score (nSPS) is 22.3. The molecule has 0 saturated heterocycles. The first kappa shape index (κ1) is 19.4. The summed E-state index contributed by atoms with van der Waals surface area (Å²) in [5, 5.41) is 19.5. The van der Waals surface area contributed by atoms with Crippen LogP contribution in [0.1, 0.15) is 56.3 Å². The highest BCUT2D eigenvalue weighted by Crippen LogP contribution is 2.47. The molecule has 29 heavy (non-hydrogen) atoms. The van der Waals surface area contributed by atoms with E-state index >= 15 is 0 Å². The molecule has 0 spiro atoms. The quantitative estimate of drug-likeness (QED) is 0.688. The van der Waals surface area contributed by atoms with Crippen LogP contribution in [0.2, 0.25) is 0 Å². The summed E-state index contributed by atoms with van der Waals surface area (Å²) in [6.45, 7) is 2.01. The molecule has 154 valence electrons. The summed E-state index contributed by atoms with van der Waals surface area (Å²) in [6.07, 6.45) is 4.55. The summed E-state index contributed by atoms with van der Waals surface area (Å²) in [5.41, 5.74) is 1.15. The molecule has 2 fully saturated rings. The Morgan fingerprint density at radius 3 is 2.83 bits per heavy atom. The van der Waals surface area contributed by atoms with Crippen LogP contribution in [-0.2, 0) is 11.2 Å². The van der Waals surface area contributed by atoms with E-state index in [1.165, 1.54) is 12.1 Å². The minimum absolute atomic E-state index is 0.0101. The van der Waals surface area contributed by atoms with E-state index in [9.17, 15) is 19.1 Å². The number of aromatic amines is 1. The summed E-state index contributed by atoms with van der Waals surface area (Å²) < 4.78 is 12.9. The summed E-state index contributed by atoms with van der Waals surface area (Å²) in [4.78, 5) is 29.4. The zero-order chi connectivity index (χ0) is 20.6.